The van der Waals surface area contributed by atoms with Crippen molar-refractivity contribution >= 4 is 23.5 Å². The Morgan fingerprint density at radius 2 is 1.89 bits per heavy atom. The summed E-state index contributed by atoms with van der Waals surface area (Å²) in [5, 5.41) is 8.95. The molecule has 2 aromatic rings. The van der Waals surface area contributed by atoms with Crippen molar-refractivity contribution in [1.29, 1.82) is 0 Å². The number of ether oxygens (including phenoxy) is 1. The van der Waals surface area contributed by atoms with Gasteiger partial charge in [-0.15, -0.1) is 0 Å². The van der Waals surface area contributed by atoms with E-state index in [2.05, 4.69) is 15.8 Å². The van der Waals surface area contributed by atoms with Gasteiger partial charge >= 0.3 is 5.97 Å². The van der Waals surface area contributed by atoms with Gasteiger partial charge in [-0.05, 0) is 25.0 Å². The van der Waals surface area contributed by atoms with Gasteiger partial charge in [0.25, 0.3) is 5.91 Å². The number of benzene rings is 1. The average Bonchev–Trinajstić information content (AvgIpc) is 3.06. The van der Waals surface area contributed by atoms with Crippen LogP contribution < -0.4 is 10.6 Å². The second-order valence-corrected chi connectivity index (χ2v) is 6.57. The number of esters is 1. The predicted octanol–water partition coefficient (Wildman–Crippen LogP) is 2.58. The molecule has 0 aliphatic rings. The number of nitrogens with zero attached hydrogens (tertiary/aromatic N) is 1. The van der Waals surface area contributed by atoms with Crippen LogP contribution in [0.5, 0.6) is 0 Å². The first-order valence-corrected chi connectivity index (χ1v) is 9.11. The van der Waals surface area contributed by atoms with E-state index in [1.807, 2.05) is 39.0 Å². The highest BCUT2D eigenvalue weighted by molar-refractivity contribution is 5.96. The highest BCUT2D eigenvalue weighted by atomic mass is 16.5. The van der Waals surface area contributed by atoms with Gasteiger partial charge in [0.15, 0.2) is 12.4 Å². The Balaban J connectivity index is 1.82. The van der Waals surface area contributed by atoms with Crippen LogP contribution in [0.4, 0.5) is 5.69 Å². The zero-order chi connectivity index (χ0) is 20.7. The number of nitrogens with one attached hydrogen (secondary N) is 2. The SMILES string of the molecule is CCc1ccccc1NC(=O)CNC(=O)COC(=O)c1c(C)noc1C(C)C. The van der Waals surface area contributed by atoms with Crippen LogP contribution in [0.2, 0.25) is 0 Å². The minimum Gasteiger partial charge on any atom is -0.452 e. The van der Waals surface area contributed by atoms with E-state index >= 15 is 0 Å². The van der Waals surface area contributed by atoms with Crippen molar-refractivity contribution < 1.29 is 23.6 Å². The summed E-state index contributed by atoms with van der Waals surface area (Å²) in [6.07, 6.45) is 0.777. The molecule has 1 aromatic heterocycles. The molecule has 1 heterocycles. The number of carbonyl (C=O) groups is 3. The normalized spacial score (nSPS) is 10.6. The maximum Gasteiger partial charge on any atom is 0.344 e. The lowest BCUT2D eigenvalue weighted by molar-refractivity contribution is -0.126. The largest absolute Gasteiger partial charge is 0.452 e. The first kappa shape index (κ1) is 21.1. The third-order valence-electron chi connectivity index (χ3n) is 4.07. The van der Waals surface area contributed by atoms with Crippen LogP contribution in [0, 0.1) is 6.92 Å². The molecule has 0 saturated carbocycles. The highest BCUT2D eigenvalue weighted by Gasteiger charge is 2.24. The zero-order valence-electron chi connectivity index (χ0n) is 16.5. The standard InChI is InChI=1S/C20H25N3O5/c1-5-14-8-6-7-9-15(14)22-16(24)10-21-17(25)11-27-20(26)18-13(4)23-28-19(18)12(2)3/h6-9,12H,5,10-11H2,1-4H3,(H,21,25)(H,22,24). The lowest BCUT2D eigenvalue weighted by atomic mass is 10.1. The van der Waals surface area contributed by atoms with E-state index in [0.29, 0.717) is 17.1 Å². The van der Waals surface area contributed by atoms with Gasteiger partial charge in [-0.1, -0.05) is 44.1 Å². The van der Waals surface area contributed by atoms with Crippen LogP contribution in [0.15, 0.2) is 28.8 Å². The monoisotopic (exact) mass is 387 g/mol. The van der Waals surface area contributed by atoms with E-state index < -0.39 is 18.5 Å². The lowest BCUT2D eigenvalue weighted by Crippen LogP contribution is -2.35. The summed E-state index contributed by atoms with van der Waals surface area (Å²) in [4.78, 5) is 36.1. The molecule has 0 aliphatic carbocycles. The molecule has 1 aromatic carbocycles. The minimum absolute atomic E-state index is 0.0488. The fourth-order valence-electron chi connectivity index (χ4n) is 2.61. The van der Waals surface area contributed by atoms with Crippen molar-refractivity contribution in [2.24, 2.45) is 0 Å². The predicted molar refractivity (Wildman–Crippen MR) is 103 cm³/mol. The number of hydrogen-bond donors (Lipinski definition) is 2. The van der Waals surface area contributed by atoms with Crippen LogP contribution >= 0.6 is 0 Å². The maximum atomic E-state index is 12.2. The number of aryl methyl sites for hydroxylation is 2. The quantitative estimate of drug-likeness (QED) is 0.674. The van der Waals surface area contributed by atoms with Crippen molar-refractivity contribution in [2.45, 2.75) is 40.0 Å². The number of anilines is 1. The summed E-state index contributed by atoms with van der Waals surface area (Å²) in [5.74, 6) is -1.26. The van der Waals surface area contributed by atoms with Gasteiger partial charge in [-0.25, -0.2) is 4.79 Å². The first-order chi connectivity index (χ1) is 13.3. The van der Waals surface area contributed by atoms with E-state index in [0.717, 1.165) is 12.0 Å². The molecule has 28 heavy (non-hydrogen) atoms. The summed E-state index contributed by atoms with van der Waals surface area (Å²) in [6.45, 7) is 6.61. The zero-order valence-corrected chi connectivity index (χ0v) is 16.5. The van der Waals surface area contributed by atoms with Crippen LogP contribution in [0.1, 0.15) is 54.1 Å². The first-order valence-electron chi connectivity index (χ1n) is 9.11. The molecule has 0 atom stereocenters. The molecule has 8 heteroatoms. The van der Waals surface area contributed by atoms with Gasteiger partial charge < -0.3 is 19.9 Å². The number of aromatic nitrogens is 1. The molecule has 2 N–H and O–H groups in total. The van der Waals surface area contributed by atoms with Gasteiger partial charge in [-0.2, -0.15) is 0 Å². The Labute approximate surface area is 163 Å². The molecule has 0 fully saturated rings. The van der Waals surface area contributed by atoms with E-state index in [-0.39, 0.29) is 23.9 Å². The summed E-state index contributed by atoms with van der Waals surface area (Å²) < 4.78 is 10.2. The summed E-state index contributed by atoms with van der Waals surface area (Å²) in [7, 11) is 0. The van der Waals surface area contributed by atoms with Crippen molar-refractivity contribution in [2.75, 3.05) is 18.5 Å². The fourth-order valence-corrected chi connectivity index (χ4v) is 2.61. The molecule has 0 aliphatic heterocycles. The van der Waals surface area contributed by atoms with Gasteiger partial charge in [0.05, 0.1) is 12.2 Å². The summed E-state index contributed by atoms with van der Waals surface area (Å²) in [6, 6.07) is 7.44. The van der Waals surface area contributed by atoms with Gasteiger partial charge in [0, 0.05) is 11.6 Å². The van der Waals surface area contributed by atoms with E-state index in [1.54, 1.807) is 13.0 Å². The second kappa shape index (κ2) is 9.68. The Hall–Kier alpha value is -3.16. The van der Waals surface area contributed by atoms with E-state index in [1.165, 1.54) is 0 Å². The molecule has 0 spiro atoms. The number of rotatable bonds is 8. The molecular weight excluding hydrogens is 362 g/mol. The molecule has 150 valence electrons. The number of carbonyl (C=O) groups excluding carboxylic acids is 3. The lowest BCUT2D eigenvalue weighted by Gasteiger charge is -2.10. The number of amides is 2. The van der Waals surface area contributed by atoms with Crippen molar-refractivity contribution in [3.8, 4) is 0 Å². The Morgan fingerprint density at radius 1 is 1.18 bits per heavy atom. The molecule has 8 nitrogen and oxygen atoms in total. The maximum absolute atomic E-state index is 12.2. The molecule has 0 radical (unpaired) electrons. The average molecular weight is 387 g/mol. The fraction of sp³-hybridized carbons (Fsp3) is 0.400. The van der Waals surface area contributed by atoms with Gasteiger partial charge in [-0.3, -0.25) is 9.59 Å². The molecule has 2 amide bonds. The summed E-state index contributed by atoms with van der Waals surface area (Å²) in [5.41, 5.74) is 2.35. The minimum atomic E-state index is -0.682. The van der Waals surface area contributed by atoms with Crippen LogP contribution in [-0.2, 0) is 20.7 Å². The molecule has 2 rings (SSSR count). The molecule has 0 saturated heterocycles. The third-order valence-corrected chi connectivity index (χ3v) is 4.07. The van der Waals surface area contributed by atoms with Gasteiger partial charge in [0.2, 0.25) is 5.91 Å². The smallest absolute Gasteiger partial charge is 0.344 e. The van der Waals surface area contributed by atoms with E-state index in [9.17, 15) is 14.4 Å². The molecule has 0 unspecified atom stereocenters. The van der Waals surface area contributed by atoms with Crippen molar-refractivity contribution in [3.63, 3.8) is 0 Å². The molecular formula is C20H25N3O5. The number of hydrogen-bond acceptors (Lipinski definition) is 6. The third kappa shape index (κ3) is 5.42. The van der Waals surface area contributed by atoms with Crippen LogP contribution in [0.25, 0.3) is 0 Å². The number of para-hydroxylation sites is 1. The summed E-state index contributed by atoms with van der Waals surface area (Å²) >= 11 is 0. The van der Waals surface area contributed by atoms with Crippen molar-refractivity contribution in [1.82, 2.24) is 10.5 Å². The Kier molecular flexibility index (Phi) is 7.31. The Bertz CT molecular complexity index is 857. The van der Waals surface area contributed by atoms with Crippen LogP contribution in [-0.4, -0.2) is 36.1 Å². The van der Waals surface area contributed by atoms with E-state index in [4.69, 9.17) is 9.26 Å². The topological polar surface area (TPSA) is 111 Å². The van der Waals surface area contributed by atoms with Crippen molar-refractivity contribution in [3.05, 3.63) is 46.8 Å². The molecule has 0 bridgehead atoms. The highest BCUT2D eigenvalue weighted by Crippen LogP contribution is 2.22. The van der Waals surface area contributed by atoms with Gasteiger partial charge in [0.1, 0.15) is 5.56 Å². The second-order valence-electron chi connectivity index (χ2n) is 6.57. The Morgan fingerprint density at radius 3 is 2.57 bits per heavy atom. The van der Waals surface area contributed by atoms with Crippen LogP contribution in [0.3, 0.4) is 0 Å².